The van der Waals surface area contributed by atoms with Crippen LogP contribution in [0.3, 0.4) is 0 Å². The Balaban J connectivity index is 0.00000121. The monoisotopic (exact) mass is 203 g/mol. The average Bonchev–Trinajstić information content (AvgIpc) is 1.82. The minimum Gasteiger partial charge on any atom is -0.378 e. The molecule has 0 spiro atoms. The molecular weight excluding hydrogens is 186 g/mol. The average molecular weight is 204 g/mol. The molecule has 0 aliphatic carbocycles. The van der Waals surface area contributed by atoms with Crippen molar-refractivity contribution < 1.29 is 4.74 Å². The number of nitrogens with zero attached hydrogens (tertiary/aromatic N) is 1. The molecule has 0 atom stereocenters. The molecule has 1 fully saturated rings. The zero-order valence-electron chi connectivity index (χ0n) is 7.65. The largest absolute Gasteiger partial charge is 0.378 e. The summed E-state index contributed by atoms with van der Waals surface area (Å²) in [5, 5.41) is 0. The Bertz CT molecular complexity index is 145. The van der Waals surface area contributed by atoms with Crippen molar-refractivity contribution in [2.45, 2.75) is 38.8 Å². The zero-order valence-corrected chi connectivity index (χ0v) is 8.40. The summed E-state index contributed by atoms with van der Waals surface area (Å²) in [6.45, 7) is 9.75. The number of halogens is 1. The molecule has 0 saturated carbocycles. The van der Waals surface area contributed by atoms with E-state index in [1.54, 1.807) is 0 Å². The Hall–Kier alpha value is 0.976. The summed E-state index contributed by atoms with van der Waals surface area (Å²) in [5.74, 6) is 0. The van der Waals surface area contributed by atoms with Gasteiger partial charge in [-0.3, -0.25) is 0 Å². The molecular formula is C8H18ClMgNO. The molecule has 0 amide bonds. The van der Waals surface area contributed by atoms with Crippen molar-refractivity contribution in [3.05, 3.63) is 0 Å². The molecule has 1 aliphatic heterocycles. The van der Waals surface area contributed by atoms with E-state index in [4.69, 9.17) is 16.5 Å². The lowest BCUT2D eigenvalue weighted by Gasteiger charge is -2.47. The molecule has 1 rings (SSSR count). The zero-order chi connectivity index (χ0) is 8.70. The maximum absolute atomic E-state index is 6.15. The van der Waals surface area contributed by atoms with Gasteiger partial charge in [-0.2, -0.15) is 0 Å². The van der Waals surface area contributed by atoms with E-state index in [2.05, 4.69) is 27.7 Å². The Morgan fingerprint density at radius 3 is 1.67 bits per heavy atom. The fraction of sp³-hybridized carbons (Fsp3) is 1.00. The molecule has 0 bridgehead atoms. The van der Waals surface area contributed by atoms with E-state index in [0.29, 0.717) is 13.2 Å². The fourth-order valence-corrected chi connectivity index (χ4v) is 1.58. The van der Waals surface area contributed by atoms with Gasteiger partial charge in [-0.1, -0.05) is 0 Å². The lowest BCUT2D eigenvalue weighted by Crippen LogP contribution is -2.58. The molecule has 1 heterocycles. The summed E-state index contributed by atoms with van der Waals surface area (Å²) >= 11 is 6.15. The van der Waals surface area contributed by atoms with Gasteiger partial charge >= 0.3 is 23.1 Å². The topological polar surface area (TPSA) is 12.5 Å². The molecule has 1 aliphatic rings. The van der Waals surface area contributed by atoms with Gasteiger partial charge in [0.05, 0.1) is 24.3 Å². The van der Waals surface area contributed by atoms with Crippen molar-refractivity contribution in [2.75, 3.05) is 13.2 Å². The SMILES string of the molecule is CC1(C)COCC(C)(C)N1Cl.[MgH2]. The third-order valence-electron chi connectivity index (χ3n) is 1.97. The summed E-state index contributed by atoms with van der Waals surface area (Å²) in [4.78, 5) is 0. The number of ether oxygens (including phenoxy) is 1. The predicted molar refractivity (Wildman–Crippen MR) is 55.2 cm³/mol. The van der Waals surface area contributed by atoms with Crippen LogP contribution < -0.4 is 0 Å². The fourth-order valence-electron chi connectivity index (χ4n) is 1.48. The Morgan fingerprint density at radius 1 is 1.08 bits per heavy atom. The molecule has 70 valence electrons. The first-order valence-electron chi connectivity index (χ1n) is 3.90. The summed E-state index contributed by atoms with van der Waals surface area (Å²) in [6.07, 6.45) is 0. The Morgan fingerprint density at radius 2 is 1.42 bits per heavy atom. The van der Waals surface area contributed by atoms with Crippen molar-refractivity contribution in [3.8, 4) is 0 Å². The second-order valence-corrected chi connectivity index (χ2v) is 4.74. The minimum absolute atomic E-state index is 0. The van der Waals surface area contributed by atoms with Crippen LogP contribution in [0.4, 0.5) is 0 Å². The van der Waals surface area contributed by atoms with Gasteiger partial charge in [-0.25, -0.2) is 4.42 Å². The molecule has 12 heavy (non-hydrogen) atoms. The van der Waals surface area contributed by atoms with Crippen molar-refractivity contribution >= 4 is 34.8 Å². The first-order chi connectivity index (χ1) is 4.86. The van der Waals surface area contributed by atoms with Crippen LogP contribution in [0.15, 0.2) is 0 Å². The second kappa shape index (κ2) is 4.01. The maximum Gasteiger partial charge on any atom is 0.316 e. The third-order valence-corrected chi connectivity index (χ3v) is 2.89. The van der Waals surface area contributed by atoms with E-state index >= 15 is 0 Å². The van der Waals surface area contributed by atoms with Gasteiger partial charge in [-0.15, -0.1) is 0 Å². The van der Waals surface area contributed by atoms with Crippen LogP contribution in [-0.4, -0.2) is 51.8 Å². The number of rotatable bonds is 0. The molecule has 1 saturated heterocycles. The van der Waals surface area contributed by atoms with E-state index in [1.165, 1.54) is 0 Å². The summed E-state index contributed by atoms with van der Waals surface area (Å²) in [5.41, 5.74) is -0.105. The van der Waals surface area contributed by atoms with Crippen molar-refractivity contribution in [3.63, 3.8) is 0 Å². The van der Waals surface area contributed by atoms with Gasteiger partial charge in [0.25, 0.3) is 0 Å². The van der Waals surface area contributed by atoms with Gasteiger partial charge < -0.3 is 4.74 Å². The normalized spacial score (nSPS) is 27.8. The van der Waals surface area contributed by atoms with E-state index in [1.807, 2.05) is 4.42 Å². The third kappa shape index (κ3) is 2.48. The highest BCUT2D eigenvalue weighted by Crippen LogP contribution is 2.32. The van der Waals surface area contributed by atoms with Crippen LogP contribution in [0.2, 0.25) is 0 Å². The lowest BCUT2D eigenvalue weighted by molar-refractivity contribution is -0.0792. The molecule has 0 N–H and O–H groups in total. The van der Waals surface area contributed by atoms with Crippen LogP contribution in [0.5, 0.6) is 0 Å². The lowest BCUT2D eigenvalue weighted by atomic mass is 9.96. The minimum atomic E-state index is -0.0523. The van der Waals surface area contributed by atoms with E-state index in [0.717, 1.165) is 0 Å². The molecule has 0 aromatic heterocycles. The van der Waals surface area contributed by atoms with E-state index in [-0.39, 0.29) is 34.1 Å². The standard InChI is InChI=1S/C8H16ClNO.Mg.2H/c1-7(2)5-11-6-8(3,4)10(7)9;;;/h5-6H2,1-4H3;;;. The summed E-state index contributed by atoms with van der Waals surface area (Å²) < 4.78 is 7.31. The van der Waals surface area contributed by atoms with Gasteiger partial charge in [0.1, 0.15) is 0 Å². The van der Waals surface area contributed by atoms with Crippen molar-refractivity contribution in [1.82, 2.24) is 4.42 Å². The smallest absolute Gasteiger partial charge is 0.316 e. The summed E-state index contributed by atoms with van der Waals surface area (Å²) in [7, 11) is 0. The van der Waals surface area contributed by atoms with Gasteiger partial charge in [0.2, 0.25) is 0 Å². The number of hydrogen-bond acceptors (Lipinski definition) is 2. The molecule has 0 radical (unpaired) electrons. The first kappa shape index (κ1) is 13.0. The number of morpholine rings is 1. The predicted octanol–water partition coefficient (Wildman–Crippen LogP) is 1.11. The van der Waals surface area contributed by atoms with E-state index < -0.39 is 0 Å². The van der Waals surface area contributed by atoms with Crippen LogP contribution >= 0.6 is 11.8 Å². The highest BCUT2D eigenvalue weighted by Gasteiger charge is 2.41. The first-order valence-corrected chi connectivity index (χ1v) is 4.24. The van der Waals surface area contributed by atoms with Crippen LogP contribution in [0, 0.1) is 0 Å². The van der Waals surface area contributed by atoms with Gasteiger partial charge in [0, 0.05) is 0 Å². The quantitative estimate of drug-likeness (QED) is 0.433. The Kier molecular flexibility index (Phi) is 4.33. The number of hydrogen-bond donors (Lipinski definition) is 0. The van der Waals surface area contributed by atoms with E-state index in [9.17, 15) is 0 Å². The second-order valence-electron chi connectivity index (χ2n) is 4.40. The molecule has 4 heteroatoms. The van der Waals surface area contributed by atoms with Crippen LogP contribution in [-0.2, 0) is 4.74 Å². The Labute approximate surface area is 95.8 Å². The molecule has 2 nitrogen and oxygen atoms in total. The van der Waals surface area contributed by atoms with Crippen LogP contribution in [0.25, 0.3) is 0 Å². The molecule has 0 aromatic rings. The summed E-state index contributed by atoms with van der Waals surface area (Å²) in [6, 6.07) is 0. The van der Waals surface area contributed by atoms with Crippen molar-refractivity contribution in [1.29, 1.82) is 0 Å². The highest BCUT2D eigenvalue weighted by atomic mass is 35.5. The maximum atomic E-state index is 6.15. The highest BCUT2D eigenvalue weighted by molar-refractivity contribution is 6.14. The molecule has 0 aromatic carbocycles. The van der Waals surface area contributed by atoms with Gasteiger partial charge in [-0.05, 0) is 39.5 Å². The van der Waals surface area contributed by atoms with Crippen LogP contribution in [0.1, 0.15) is 27.7 Å². The van der Waals surface area contributed by atoms with Gasteiger partial charge in [0.15, 0.2) is 0 Å². The van der Waals surface area contributed by atoms with Crippen molar-refractivity contribution in [2.24, 2.45) is 0 Å². The molecule has 0 unspecified atom stereocenters.